The largest absolute Gasteiger partial charge is 0.444 e. The molecule has 2 amide bonds. The molecular formula is C15H26N2O3. The van der Waals surface area contributed by atoms with Gasteiger partial charge in [-0.25, -0.2) is 4.79 Å². The van der Waals surface area contributed by atoms with Gasteiger partial charge in [0.2, 0.25) is 5.91 Å². The van der Waals surface area contributed by atoms with Crippen LogP contribution in [0.15, 0.2) is 0 Å². The third kappa shape index (κ3) is 3.87. The van der Waals surface area contributed by atoms with Gasteiger partial charge < -0.3 is 10.1 Å². The number of carbonyl (C=O) groups is 2. The van der Waals surface area contributed by atoms with Crippen LogP contribution in [0.3, 0.4) is 0 Å². The van der Waals surface area contributed by atoms with E-state index in [9.17, 15) is 9.59 Å². The van der Waals surface area contributed by atoms with Gasteiger partial charge in [0.1, 0.15) is 11.6 Å². The molecule has 1 N–H and O–H groups in total. The van der Waals surface area contributed by atoms with Crippen molar-refractivity contribution in [2.24, 2.45) is 0 Å². The summed E-state index contributed by atoms with van der Waals surface area (Å²) in [6.07, 6.45) is 5.72. The Balaban J connectivity index is 1.92. The van der Waals surface area contributed by atoms with Gasteiger partial charge in [0.25, 0.3) is 0 Å². The van der Waals surface area contributed by atoms with Crippen molar-refractivity contribution >= 4 is 12.0 Å². The van der Waals surface area contributed by atoms with Crippen LogP contribution in [0.4, 0.5) is 4.79 Å². The fourth-order valence-electron chi connectivity index (χ4n) is 2.95. The van der Waals surface area contributed by atoms with E-state index in [1.54, 1.807) is 4.90 Å². The van der Waals surface area contributed by atoms with E-state index < -0.39 is 5.60 Å². The smallest absolute Gasteiger partial charge is 0.410 e. The molecule has 0 radical (unpaired) electrons. The summed E-state index contributed by atoms with van der Waals surface area (Å²) in [6, 6.07) is -0.0611. The fourth-order valence-corrected chi connectivity index (χ4v) is 2.95. The average Bonchev–Trinajstić information content (AvgIpc) is 2.96. The van der Waals surface area contributed by atoms with Gasteiger partial charge in [-0.2, -0.15) is 0 Å². The minimum atomic E-state index is -0.522. The topological polar surface area (TPSA) is 58.6 Å². The second kappa shape index (κ2) is 6.02. The summed E-state index contributed by atoms with van der Waals surface area (Å²) in [4.78, 5) is 26.0. The Morgan fingerprint density at radius 3 is 2.35 bits per heavy atom. The van der Waals surface area contributed by atoms with E-state index in [2.05, 4.69) is 5.32 Å². The van der Waals surface area contributed by atoms with Crippen LogP contribution in [0, 0.1) is 0 Å². The van der Waals surface area contributed by atoms with E-state index in [1.807, 2.05) is 20.8 Å². The van der Waals surface area contributed by atoms with E-state index in [4.69, 9.17) is 4.74 Å². The van der Waals surface area contributed by atoms with Crippen LogP contribution in [0.1, 0.15) is 59.3 Å². The Hall–Kier alpha value is -1.26. The molecule has 0 aromatic heterocycles. The molecule has 1 saturated carbocycles. The SMILES string of the molecule is CC(C)(C)OC(=O)N1CCCC1C(=O)NC1CCCC1. The molecule has 2 fully saturated rings. The van der Waals surface area contributed by atoms with Crippen molar-refractivity contribution in [3.8, 4) is 0 Å². The first kappa shape index (κ1) is 15.1. The molecule has 2 rings (SSSR count). The predicted octanol–water partition coefficient (Wildman–Crippen LogP) is 2.44. The van der Waals surface area contributed by atoms with Crippen LogP contribution in [0.5, 0.6) is 0 Å². The molecule has 2 aliphatic rings. The highest BCUT2D eigenvalue weighted by Gasteiger charge is 2.37. The minimum Gasteiger partial charge on any atom is -0.444 e. The minimum absolute atomic E-state index is 0.0136. The van der Waals surface area contributed by atoms with E-state index in [0.29, 0.717) is 12.6 Å². The lowest BCUT2D eigenvalue weighted by Gasteiger charge is -2.28. The highest BCUT2D eigenvalue weighted by molar-refractivity contribution is 5.86. The first-order chi connectivity index (χ1) is 9.37. The van der Waals surface area contributed by atoms with Crippen molar-refractivity contribution in [1.82, 2.24) is 10.2 Å². The van der Waals surface area contributed by atoms with Crippen LogP contribution in [-0.4, -0.2) is 41.1 Å². The van der Waals surface area contributed by atoms with Crippen molar-refractivity contribution in [3.63, 3.8) is 0 Å². The van der Waals surface area contributed by atoms with Gasteiger partial charge in [-0.1, -0.05) is 12.8 Å². The molecule has 1 heterocycles. The summed E-state index contributed by atoms with van der Waals surface area (Å²) in [5.74, 6) is -0.0136. The molecule has 1 atom stereocenters. The normalized spacial score (nSPS) is 23.9. The molecule has 1 aliphatic heterocycles. The highest BCUT2D eigenvalue weighted by atomic mass is 16.6. The highest BCUT2D eigenvalue weighted by Crippen LogP contribution is 2.23. The van der Waals surface area contributed by atoms with Crippen LogP contribution in [0.25, 0.3) is 0 Å². The lowest BCUT2D eigenvalue weighted by Crippen LogP contribution is -2.49. The Bertz CT molecular complexity index is 370. The number of carbonyl (C=O) groups excluding carboxylic acids is 2. The average molecular weight is 282 g/mol. The van der Waals surface area contributed by atoms with Crippen molar-refractivity contribution in [2.45, 2.75) is 77.0 Å². The molecule has 114 valence electrons. The molecule has 1 unspecified atom stereocenters. The quantitative estimate of drug-likeness (QED) is 0.846. The van der Waals surface area contributed by atoms with Crippen LogP contribution in [0.2, 0.25) is 0 Å². The molecule has 5 heteroatoms. The zero-order valence-electron chi connectivity index (χ0n) is 12.8. The molecule has 0 spiro atoms. The Labute approximate surface area is 121 Å². The zero-order valence-corrected chi connectivity index (χ0v) is 12.8. The van der Waals surface area contributed by atoms with Gasteiger partial charge in [-0.3, -0.25) is 9.69 Å². The van der Waals surface area contributed by atoms with Crippen LogP contribution in [-0.2, 0) is 9.53 Å². The fraction of sp³-hybridized carbons (Fsp3) is 0.867. The predicted molar refractivity (Wildman–Crippen MR) is 76.4 cm³/mol. The van der Waals surface area contributed by atoms with Gasteiger partial charge in [-0.15, -0.1) is 0 Å². The molecule has 20 heavy (non-hydrogen) atoms. The van der Waals surface area contributed by atoms with Gasteiger partial charge in [-0.05, 0) is 46.5 Å². The maximum absolute atomic E-state index is 12.3. The standard InChI is InChI=1S/C15H26N2O3/c1-15(2,3)20-14(19)17-10-6-9-12(17)13(18)16-11-7-4-5-8-11/h11-12H,4-10H2,1-3H3,(H,16,18). The number of rotatable bonds is 2. The molecule has 0 bridgehead atoms. The maximum atomic E-state index is 12.3. The van der Waals surface area contributed by atoms with Crippen molar-refractivity contribution in [3.05, 3.63) is 0 Å². The van der Waals surface area contributed by atoms with Crippen LogP contribution < -0.4 is 5.32 Å². The number of ether oxygens (including phenoxy) is 1. The number of amides is 2. The summed E-state index contributed by atoms with van der Waals surface area (Å²) >= 11 is 0. The lowest BCUT2D eigenvalue weighted by molar-refractivity contribution is -0.126. The molecule has 1 aliphatic carbocycles. The maximum Gasteiger partial charge on any atom is 0.410 e. The second-order valence-corrected chi connectivity index (χ2v) is 6.82. The Kier molecular flexibility index (Phi) is 4.55. The van der Waals surface area contributed by atoms with Gasteiger partial charge in [0.05, 0.1) is 0 Å². The Morgan fingerprint density at radius 1 is 1.10 bits per heavy atom. The van der Waals surface area contributed by atoms with E-state index >= 15 is 0 Å². The van der Waals surface area contributed by atoms with E-state index in [1.165, 1.54) is 12.8 Å². The van der Waals surface area contributed by atoms with Crippen molar-refractivity contribution in [2.75, 3.05) is 6.54 Å². The number of likely N-dealkylation sites (tertiary alicyclic amines) is 1. The zero-order chi connectivity index (χ0) is 14.8. The number of hydrogen-bond donors (Lipinski definition) is 1. The van der Waals surface area contributed by atoms with Gasteiger partial charge in [0, 0.05) is 12.6 Å². The molecule has 0 aromatic rings. The Morgan fingerprint density at radius 2 is 1.75 bits per heavy atom. The molecule has 1 saturated heterocycles. The summed E-state index contributed by atoms with van der Waals surface area (Å²) in [5, 5.41) is 3.08. The second-order valence-electron chi connectivity index (χ2n) is 6.82. The molecule has 5 nitrogen and oxygen atoms in total. The molecule has 0 aromatic carbocycles. The van der Waals surface area contributed by atoms with Crippen molar-refractivity contribution in [1.29, 1.82) is 0 Å². The summed E-state index contributed by atoms with van der Waals surface area (Å²) < 4.78 is 5.38. The third-order valence-corrected chi connectivity index (χ3v) is 3.89. The van der Waals surface area contributed by atoms with E-state index in [0.717, 1.165) is 25.7 Å². The van der Waals surface area contributed by atoms with Crippen LogP contribution >= 0.6 is 0 Å². The number of nitrogens with zero attached hydrogens (tertiary/aromatic N) is 1. The van der Waals surface area contributed by atoms with Gasteiger partial charge in [0.15, 0.2) is 0 Å². The van der Waals surface area contributed by atoms with Crippen molar-refractivity contribution < 1.29 is 14.3 Å². The number of nitrogens with one attached hydrogen (secondary N) is 1. The van der Waals surface area contributed by atoms with E-state index in [-0.39, 0.29) is 18.0 Å². The first-order valence-electron chi connectivity index (χ1n) is 7.67. The third-order valence-electron chi connectivity index (χ3n) is 3.89. The summed E-state index contributed by atoms with van der Waals surface area (Å²) in [6.45, 7) is 6.13. The summed E-state index contributed by atoms with van der Waals surface area (Å²) in [5.41, 5.74) is -0.522. The number of hydrogen-bond acceptors (Lipinski definition) is 3. The van der Waals surface area contributed by atoms with Gasteiger partial charge >= 0.3 is 6.09 Å². The first-order valence-corrected chi connectivity index (χ1v) is 7.67. The monoisotopic (exact) mass is 282 g/mol. The lowest BCUT2D eigenvalue weighted by atomic mass is 10.1. The molecular weight excluding hydrogens is 256 g/mol. The summed E-state index contributed by atoms with van der Waals surface area (Å²) in [7, 11) is 0.